The van der Waals surface area contributed by atoms with Gasteiger partial charge in [0.25, 0.3) is 5.91 Å². The molecule has 98 valence electrons. The van der Waals surface area contributed by atoms with Gasteiger partial charge in [0.1, 0.15) is 5.75 Å². The highest BCUT2D eigenvalue weighted by atomic mass is 35.5. The molecule has 1 amide bonds. The van der Waals surface area contributed by atoms with E-state index in [1.54, 1.807) is 18.2 Å². The largest absolute Gasteiger partial charge is 0.482 e. The van der Waals surface area contributed by atoms with E-state index < -0.39 is 0 Å². The molecule has 1 aromatic carbocycles. The van der Waals surface area contributed by atoms with Crippen molar-refractivity contribution >= 4 is 29.1 Å². The molecular formula is C13H15Cl2NO2. The Hall–Kier alpha value is -0.930. The summed E-state index contributed by atoms with van der Waals surface area (Å²) in [4.78, 5) is 11.6. The minimum atomic E-state index is -0.134. The lowest BCUT2D eigenvalue weighted by Crippen LogP contribution is -2.37. The average molecular weight is 288 g/mol. The van der Waals surface area contributed by atoms with E-state index in [1.807, 2.05) is 6.92 Å². The third-order valence-electron chi connectivity index (χ3n) is 2.97. The maximum absolute atomic E-state index is 11.6. The number of carbonyl (C=O) groups excluding carboxylic acids is 1. The summed E-state index contributed by atoms with van der Waals surface area (Å²) in [6.45, 7) is 1.97. The molecule has 1 aliphatic rings. The van der Waals surface area contributed by atoms with Gasteiger partial charge in [-0.25, -0.2) is 0 Å². The maximum Gasteiger partial charge on any atom is 0.258 e. The van der Waals surface area contributed by atoms with Gasteiger partial charge in [-0.3, -0.25) is 4.79 Å². The lowest BCUT2D eigenvalue weighted by molar-refractivity contribution is -0.123. The standard InChI is InChI=1S/C13H15Cl2NO2/c1-8(9-2-3-9)16-13(17)7-18-12-6-10(14)4-5-11(12)15/h4-6,8-9H,2-3,7H2,1H3,(H,16,17)/t8-/m0/s1. The van der Waals surface area contributed by atoms with Crippen molar-refractivity contribution < 1.29 is 9.53 Å². The van der Waals surface area contributed by atoms with E-state index in [9.17, 15) is 4.79 Å². The van der Waals surface area contributed by atoms with Crippen LogP contribution in [0.15, 0.2) is 18.2 Å². The Morgan fingerprint density at radius 2 is 2.22 bits per heavy atom. The van der Waals surface area contributed by atoms with E-state index >= 15 is 0 Å². The zero-order valence-corrected chi connectivity index (χ0v) is 11.6. The van der Waals surface area contributed by atoms with Crippen LogP contribution in [0.3, 0.4) is 0 Å². The topological polar surface area (TPSA) is 38.3 Å². The summed E-state index contributed by atoms with van der Waals surface area (Å²) < 4.78 is 5.35. The first-order chi connectivity index (χ1) is 8.56. The Morgan fingerprint density at radius 1 is 1.50 bits per heavy atom. The summed E-state index contributed by atoms with van der Waals surface area (Å²) in [5.41, 5.74) is 0. The lowest BCUT2D eigenvalue weighted by Gasteiger charge is -2.13. The molecule has 0 saturated heterocycles. The minimum Gasteiger partial charge on any atom is -0.482 e. The van der Waals surface area contributed by atoms with Gasteiger partial charge in [-0.1, -0.05) is 23.2 Å². The average Bonchev–Trinajstić information content (AvgIpc) is 3.14. The van der Waals surface area contributed by atoms with Crippen molar-refractivity contribution in [3.05, 3.63) is 28.2 Å². The number of hydrogen-bond donors (Lipinski definition) is 1. The molecule has 3 nitrogen and oxygen atoms in total. The fourth-order valence-corrected chi connectivity index (χ4v) is 2.07. The number of nitrogens with one attached hydrogen (secondary N) is 1. The number of amides is 1. The third kappa shape index (κ3) is 3.79. The molecular weight excluding hydrogens is 273 g/mol. The SMILES string of the molecule is C[C@H](NC(=O)COc1cc(Cl)ccc1Cl)C1CC1. The number of carbonyl (C=O) groups is 1. The molecule has 5 heteroatoms. The first-order valence-electron chi connectivity index (χ1n) is 5.93. The minimum absolute atomic E-state index is 0.0445. The van der Waals surface area contributed by atoms with E-state index in [4.69, 9.17) is 27.9 Å². The summed E-state index contributed by atoms with van der Waals surface area (Å²) in [6.07, 6.45) is 2.39. The quantitative estimate of drug-likeness (QED) is 0.903. The van der Waals surface area contributed by atoms with Crippen LogP contribution in [0.2, 0.25) is 10.0 Å². The van der Waals surface area contributed by atoms with Gasteiger partial charge < -0.3 is 10.1 Å². The van der Waals surface area contributed by atoms with Crippen molar-refractivity contribution in [3.63, 3.8) is 0 Å². The molecule has 1 aliphatic carbocycles. The Kier molecular flexibility index (Phi) is 4.36. The molecule has 1 aromatic rings. The van der Waals surface area contributed by atoms with Crippen LogP contribution in [0.5, 0.6) is 5.75 Å². The molecule has 0 radical (unpaired) electrons. The van der Waals surface area contributed by atoms with Crippen molar-refractivity contribution in [2.75, 3.05) is 6.61 Å². The first kappa shape index (κ1) is 13.5. The van der Waals surface area contributed by atoms with Crippen molar-refractivity contribution in [1.82, 2.24) is 5.32 Å². The number of hydrogen-bond acceptors (Lipinski definition) is 2. The first-order valence-corrected chi connectivity index (χ1v) is 6.69. The van der Waals surface area contributed by atoms with Gasteiger partial charge in [-0.05, 0) is 37.8 Å². The van der Waals surface area contributed by atoms with Crippen LogP contribution < -0.4 is 10.1 Å². The predicted molar refractivity (Wildman–Crippen MR) is 72.3 cm³/mol. The van der Waals surface area contributed by atoms with Crippen molar-refractivity contribution in [2.45, 2.75) is 25.8 Å². The van der Waals surface area contributed by atoms with Gasteiger partial charge >= 0.3 is 0 Å². The summed E-state index contributed by atoms with van der Waals surface area (Å²) in [6, 6.07) is 5.13. The zero-order chi connectivity index (χ0) is 13.1. The Bertz CT molecular complexity index is 447. The Morgan fingerprint density at radius 3 is 2.89 bits per heavy atom. The highest BCUT2D eigenvalue weighted by molar-refractivity contribution is 6.34. The number of rotatable bonds is 5. The van der Waals surface area contributed by atoms with E-state index in [0.717, 1.165) is 0 Å². The highest BCUT2D eigenvalue weighted by Gasteiger charge is 2.28. The van der Waals surface area contributed by atoms with Crippen LogP contribution in [0.4, 0.5) is 0 Å². The summed E-state index contributed by atoms with van der Waals surface area (Å²) in [7, 11) is 0. The normalized spacial score (nSPS) is 16.2. The molecule has 1 atom stereocenters. The number of benzene rings is 1. The number of halogens is 2. The van der Waals surface area contributed by atoms with Crippen LogP contribution in [-0.4, -0.2) is 18.6 Å². The molecule has 0 aliphatic heterocycles. The Balaban J connectivity index is 1.82. The number of ether oxygens (including phenoxy) is 1. The van der Waals surface area contributed by atoms with Gasteiger partial charge in [-0.2, -0.15) is 0 Å². The van der Waals surface area contributed by atoms with E-state index in [1.165, 1.54) is 12.8 Å². The van der Waals surface area contributed by atoms with Crippen LogP contribution >= 0.6 is 23.2 Å². The van der Waals surface area contributed by atoms with Gasteiger partial charge in [0, 0.05) is 17.1 Å². The molecule has 0 unspecified atom stereocenters. The molecule has 1 fully saturated rings. The second-order valence-corrected chi connectivity index (χ2v) is 5.40. The fraction of sp³-hybridized carbons (Fsp3) is 0.462. The smallest absolute Gasteiger partial charge is 0.258 e. The van der Waals surface area contributed by atoms with E-state index in [-0.39, 0.29) is 18.6 Å². The molecule has 0 bridgehead atoms. The molecule has 1 saturated carbocycles. The molecule has 0 aromatic heterocycles. The van der Waals surface area contributed by atoms with Crippen LogP contribution in [-0.2, 0) is 4.79 Å². The summed E-state index contributed by atoms with van der Waals surface area (Å²) in [5, 5.41) is 3.88. The maximum atomic E-state index is 11.6. The van der Waals surface area contributed by atoms with Crippen LogP contribution in [0.25, 0.3) is 0 Å². The predicted octanol–water partition coefficient (Wildman–Crippen LogP) is 3.29. The molecule has 0 spiro atoms. The van der Waals surface area contributed by atoms with Crippen molar-refractivity contribution in [1.29, 1.82) is 0 Å². The summed E-state index contributed by atoms with van der Waals surface area (Å²) >= 11 is 11.8. The zero-order valence-electron chi connectivity index (χ0n) is 10.1. The fourth-order valence-electron chi connectivity index (χ4n) is 1.74. The summed E-state index contributed by atoms with van der Waals surface area (Å²) in [5.74, 6) is 0.924. The third-order valence-corrected chi connectivity index (χ3v) is 3.52. The van der Waals surface area contributed by atoms with E-state index in [0.29, 0.717) is 21.7 Å². The van der Waals surface area contributed by atoms with Gasteiger partial charge in [0.15, 0.2) is 6.61 Å². The lowest BCUT2D eigenvalue weighted by atomic mass is 10.2. The second kappa shape index (κ2) is 5.81. The van der Waals surface area contributed by atoms with Crippen molar-refractivity contribution in [2.24, 2.45) is 5.92 Å². The van der Waals surface area contributed by atoms with Gasteiger partial charge in [-0.15, -0.1) is 0 Å². The van der Waals surface area contributed by atoms with Gasteiger partial charge in [0.05, 0.1) is 5.02 Å². The van der Waals surface area contributed by atoms with E-state index in [2.05, 4.69) is 5.32 Å². The molecule has 0 heterocycles. The van der Waals surface area contributed by atoms with Crippen molar-refractivity contribution in [3.8, 4) is 5.75 Å². The monoisotopic (exact) mass is 287 g/mol. The second-order valence-electron chi connectivity index (χ2n) is 4.56. The van der Waals surface area contributed by atoms with Gasteiger partial charge in [0.2, 0.25) is 0 Å². The molecule has 18 heavy (non-hydrogen) atoms. The molecule has 2 rings (SSSR count). The Labute approximate surface area is 116 Å². The van der Waals surface area contributed by atoms with Crippen LogP contribution in [0, 0.1) is 5.92 Å². The highest BCUT2D eigenvalue weighted by Crippen LogP contribution is 2.32. The van der Waals surface area contributed by atoms with Crippen LogP contribution in [0.1, 0.15) is 19.8 Å². The molecule has 1 N–H and O–H groups in total.